The lowest BCUT2D eigenvalue weighted by molar-refractivity contribution is -0.115. The van der Waals surface area contributed by atoms with Gasteiger partial charge in [-0.05, 0) is 51.8 Å². The maximum atomic E-state index is 12.9. The van der Waals surface area contributed by atoms with Gasteiger partial charge in [0.25, 0.3) is 0 Å². The SMILES string of the molecule is CCN(CC)C(=S)SC(C)C(=O)Nc1cc(S(=O)(=O)N2CCCCC2)ccc1Cl. The Morgan fingerprint density at radius 3 is 2.48 bits per heavy atom. The molecule has 1 amide bonds. The van der Waals surface area contributed by atoms with Gasteiger partial charge >= 0.3 is 0 Å². The number of hydrogen-bond acceptors (Lipinski definition) is 5. The fourth-order valence-electron chi connectivity index (χ4n) is 3.01. The van der Waals surface area contributed by atoms with Crippen LogP contribution in [0.25, 0.3) is 0 Å². The number of piperidine rings is 1. The minimum atomic E-state index is -3.60. The Bertz CT molecular complexity index is 838. The van der Waals surface area contributed by atoms with Crippen LogP contribution in [0.3, 0.4) is 0 Å². The summed E-state index contributed by atoms with van der Waals surface area (Å²) in [4.78, 5) is 14.8. The van der Waals surface area contributed by atoms with E-state index in [1.165, 1.54) is 34.3 Å². The first-order valence-electron chi connectivity index (χ1n) is 9.76. The van der Waals surface area contributed by atoms with Crippen molar-refractivity contribution < 1.29 is 13.2 Å². The first-order valence-corrected chi connectivity index (χ1v) is 12.9. The van der Waals surface area contributed by atoms with Gasteiger partial charge in [-0.25, -0.2) is 8.42 Å². The van der Waals surface area contributed by atoms with E-state index in [0.717, 1.165) is 32.4 Å². The summed E-state index contributed by atoms with van der Waals surface area (Å²) in [6, 6.07) is 4.42. The van der Waals surface area contributed by atoms with Crippen LogP contribution >= 0.6 is 35.6 Å². The number of amides is 1. The van der Waals surface area contributed by atoms with Crippen molar-refractivity contribution in [3.63, 3.8) is 0 Å². The maximum absolute atomic E-state index is 12.9. The largest absolute Gasteiger partial charge is 0.358 e. The Balaban J connectivity index is 2.13. The number of nitrogens with one attached hydrogen (secondary N) is 1. The Hall–Kier alpha value is -0.870. The molecule has 1 aliphatic rings. The van der Waals surface area contributed by atoms with Gasteiger partial charge in [0.2, 0.25) is 15.9 Å². The second-order valence-electron chi connectivity index (χ2n) is 6.79. The molecule has 1 heterocycles. The highest BCUT2D eigenvalue weighted by Crippen LogP contribution is 2.29. The fraction of sp³-hybridized carbons (Fsp3) is 0.579. The summed E-state index contributed by atoms with van der Waals surface area (Å²) >= 11 is 12.9. The Morgan fingerprint density at radius 1 is 1.28 bits per heavy atom. The second-order valence-corrected chi connectivity index (χ2v) is 11.1. The number of hydrogen-bond donors (Lipinski definition) is 1. The zero-order valence-corrected chi connectivity index (χ0v) is 20.2. The molecule has 1 saturated heterocycles. The number of rotatable bonds is 7. The van der Waals surface area contributed by atoms with E-state index in [0.29, 0.717) is 22.4 Å². The van der Waals surface area contributed by atoms with Gasteiger partial charge < -0.3 is 10.2 Å². The Morgan fingerprint density at radius 2 is 1.90 bits per heavy atom. The molecular weight excluding hydrogens is 450 g/mol. The van der Waals surface area contributed by atoms with Crippen LogP contribution in [0.5, 0.6) is 0 Å². The molecule has 0 aliphatic carbocycles. The quantitative estimate of drug-likeness (QED) is 0.593. The molecule has 0 bridgehead atoms. The Labute approximate surface area is 188 Å². The number of nitrogens with zero attached hydrogens (tertiary/aromatic N) is 2. The molecule has 1 fully saturated rings. The zero-order chi connectivity index (χ0) is 21.6. The van der Waals surface area contributed by atoms with Gasteiger partial charge in [0, 0.05) is 26.2 Å². The molecule has 0 radical (unpaired) electrons. The molecule has 10 heteroatoms. The number of anilines is 1. The van der Waals surface area contributed by atoms with E-state index in [9.17, 15) is 13.2 Å². The molecule has 1 atom stereocenters. The summed E-state index contributed by atoms with van der Waals surface area (Å²) in [6.07, 6.45) is 2.76. The molecule has 1 aromatic rings. The first-order chi connectivity index (χ1) is 13.7. The van der Waals surface area contributed by atoms with Gasteiger partial charge in [-0.3, -0.25) is 4.79 Å². The molecule has 0 aromatic heterocycles. The third kappa shape index (κ3) is 6.30. The smallest absolute Gasteiger partial charge is 0.243 e. The molecule has 1 aromatic carbocycles. The molecule has 2 rings (SSSR count). The van der Waals surface area contributed by atoms with Crippen LogP contribution in [0.1, 0.15) is 40.0 Å². The standard InChI is InChI=1S/C19H28ClN3O3S3/c1-4-22(5-2)19(27)28-14(3)18(24)21-17-13-15(9-10-16(17)20)29(25,26)23-11-7-6-8-12-23/h9-10,13-14H,4-8,11-12H2,1-3H3,(H,21,24). The molecule has 29 heavy (non-hydrogen) atoms. The van der Waals surface area contributed by atoms with Crippen LogP contribution in [0.15, 0.2) is 23.1 Å². The lowest BCUT2D eigenvalue weighted by Crippen LogP contribution is -2.35. The average molecular weight is 478 g/mol. The van der Waals surface area contributed by atoms with Crippen molar-refractivity contribution in [1.29, 1.82) is 0 Å². The van der Waals surface area contributed by atoms with Gasteiger partial charge in [-0.2, -0.15) is 4.31 Å². The van der Waals surface area contributed by atoms with Crippen LogP contribution in [0, 0.1) is 0 Å². The molecule has 162 valence electrons. The lowest BCUT2D eigenvalue weighted by Gasteiger charge is -2.26. The van der Waals surface area contributed by atoms with Crippen molar-refractivity contribution in [3.8, 4) is 0 Å². The van der Waals surface area contributed by atoms with Crippen molar-refractivity contribution in [1.82, 2.24) is 9.21 Å². The van der Waals surface area contributed by atoms with Gasteiger partial charge in [0.1, 0.15) is 4.32 Å². The molecular formula is C19H28ClN3O3S3. The van der Waals surface area contributed by atoms with E-state index in [1.54, 1.807) is 6.92 Å². The predicted molar refractivity (Wildman–Crippen MR) is 125 cm³/mol. The summed E-state index contributed by atoms with van der Waals surface area (Å²) in [5.41, 5.74) is 0.288. The van der Waals surface area contributed by atoms with Gasteiger partial charge in [-0.1, -0.05) is 42.0 Å². The van der Waals surface area contributed by atoms with Crippen LogP contribution in [0.2, 0.25) is 5.02 Å². The highest BCUT2D eigenvalue weighted by molar-refractivity contribution is 8.23. The van der Waals surface area contributed by atoms with Gasteiger partial charge in [-0.15, -0.1) is 0 Å². The number of thiocarbonyl (C=S) groups is 1. The minimum absolute atomic E-state index is 0.137. The number of halogens is 1. The topological polar surface area (TPSA) is 69.7 Å². The van der Waals surface area contributed by atoms with Crippen LogP contribution in [0.4, 0.5) is 5.69 Å². The lowest BCUT2D eigenvalue weighted by atomic mass is 10.2. The molecule has 0 spiro atoms. The molecule has 0 saturated carbocycles. The third-order valence-electron chi connectivity index (χ3n) is 4.82. The fourth-order valence-corrected chi connectivity index (χ4v) is 6.29. The predicted octanol–water partition coefficient (Wildman–Crippen LogP) is 4.20. The van der Waals surface area contributed by atoms with Crippen LogP contribution in [-0.4, -0.2) is 59.3 Å². The summed E-state index contributed by atoms with van der Waals surface area (Å²) in [5, 5.41) is 2.60. The second kappa shape index (κ2) is 10.9. The van der Waals surface area contributed by atoms with Gasteiger partial charge in [0.05, 0.1) is 20.9 Å². The van der Waals surface area contributed by atoms with Crippen molar-refractivity contribution in [2.75, 3.05) is 31.5 Å². The number of benzene rings is 1. The molecule has 1 aliphatic heterocycles. The highest BCUT2D eigenvalue weighted by atomic mass is 35.5. The number of thioether (sulfide) groups is 1. The van der Waals surface area contributed by atoms with Crippen LogP contribution < -0.4 is 5.32 Å². The van der Waals surface area contributed by atoms with Gasteiger partial charge in [0.15, 0.2) is 0 Å². The van der Waals surface area contributed by atoms with Crippen molar-refractivity contribution in [2.45, 2.75) is 50.2 Å². The van der Waals surface area contributed by atoms with Crippen molar-refractivity contribution >= 4 is 61.5 Å². The number of carbonyl (C=O) groups is 1. The van der Waals surface area contributed by atoms with Crippen molar-refractivity contribution in [2.24, 2.45) is 0 Å². The van der Waals surface area contributed by atoms with E-state index in [2.05, 4.69) is 5.32 Å². The summed E-state index contributed by atoms with van der Waals surface area (Å²) < 4.78 is 28.0. The van der Waals surface area contributed by atoms with E-state index in [4.69, 9.17) is 23.8 Å². The third-order valence-corrected chi connectivity index (χ3v) is 8.62. The number of sulfonamides is 1. The van der Waals surface area contributed by atoms with E-state index < -0.39 is 15.3 Å². The summed E-state index contributed by atoms with van der Waals surface area (Å²) in [5.74, 6) is -0.279. The minimum Gasteiger partial charge on any atom is -0.358 e. The molecule has 1 unspecified atom stereocenters. The number of carbonyl (C=O) groups excluding carboxylic acids is 1. The van der Waals surface area contributed by atoms with E-state index in [-0.39, 0.29) is 16.5 Å². The Kier molecular flexibility index (Phi) is 9.21. The van der Waals surface area contributed by atoms with E-state index >= 15 is 0 Å². The van der Waals surface area contributed by atoms with Crippen molar-refractivity contribution in [3.05, 3.63) is 23.2 Å². The zero-order valence-electron chi connectivity index (χ0n) is 17.0. The van der Waals surface area contributed by atoms with E-state index in [1.807, 2.05) is 18.7 Å². The highest BCUT2D eigenvalue weighted by Gasteiger charge is 2.27. The van der Waals surface area contributed by atoms with Crippen LogP contribution in [-0.2, 0) is 14.8 Å². The molecule has 6 nitrogen and oxygen atoms in total. The normalized spacial score (nSPS) is 16.3. The maximum Gasteiger partial charge on any atom is 0.243 e. The summed E-state index contributed by atoms with van der Waals surface area (Å²) in [7, 11) is -3.60. The average Bonchev–Trinajstić information content (AvgIpc) is 2.71. The monoisotopic (exact) mass is 477 g/mol. The first kappa shape index (κ1) is 24.4. The molecule has 1 N–H and O–H groups in total. The summed E-state index contributed by atoms with van der Waals surface area (Å²) in [6.45, 7) is 8.37.